The van der Waals surface area contributed by atoms with Gasteiger partial charge >= 0.3 is 0 Å². The molecule has 1 aromatic heterocycles. The molecule has 20 heavy (non-hydrogen) atoms. The van der Waals surface area contributed by atoms with E-state index in [1.54, 1.807) is 23.9 Å². The molecule has 1 aromatic rings. The summed E-state index contributed by atoms with van der Waals surface area (Å²) in [4.78, 5) is 0.254. The first-order valence-electron chi connectivity index (χ1n) is 7.09. The summed E-state index contributed by atoms with van der Waals surface area (Å²) in [5, 5.41) is 9.36. The molecular formula is C14H26N2O3S. The molecule has 0 bridgehead atoms. The van der Waals surface area contributed by atoms with Gasteiger partial charge in [-0.05, 0) is 32.8 Å². The Bertz CT molecular complexity index is 531. The molecule has 0 amide bonds. The van der Waals surface area contributed by atoms with Gasteiger partial charge in [0.1, 0.15) is 4.90 Å². The normalized spacial score (nSPS) is 12.8. The minimum atomic E-state index is -3.51. The highest BCUT2D eigenvalue weighted by molar-refractivity contribution is 7.89. The monoisotopic (exact) mass is 302 g/mol. The van der Waals surface area contributed by atoms with Crippen LogP contribution in [0.4, 0.5) is 0 Å². The van der Waals surface area contributed by atoms with Crippen molar-refractivity contribution in [1.82, 2.24) is 8.87 Å². The maximum Gasteiger partial charge on any atom is 0.244 e. The maximum atomic E-state index is 12.6. The molecular weight excluding hydrogens is 276 g/mol. The molecule has 0 saturated heterocycles. The van der Waals surface area contributed by atoms with Crippen LogP contribution in [0.1, 0.15) is 52.3 Å². The molecule has 6 heteroatoms. The highest BCUT2D eigenvalue weighted by Gasteiger charge is 2.28. The molecule has 1 rings (SSSR count). The van der Waals surface area contributed by atoms with Crippen LogP contribution in [0.25, 0.3) is 0 Å². The van der Waals surface area contributed by atoms with Gasteiger partial charge in [-0.1, -0.05) is 13.8 Å². The minimum absolute atomic E-state index is 0.0000217. The number of sulfonamides is 1. The number of aliphatic hydroxyl groups is 1. The van der Waals surface area contributed by atoms with Crippen molar-refractivity contribution in [3.05, 3.63) is 18.0 Å². The summed E-state index contributed by atoms with van der Waals surface area (Å²) < 4.78 is 28.5. The van der Waals surface area contributed by atoms with Crippen molar-refractivity contribution in [2.24, 2.45) is 0 Å². The van der Waals surface area contributed by atoms with Crippen molar-refractivity contribution < 1.29 is 13.5 Å². The Hall–Kier alpha value is -0.850. The predicted octanol–water partition coefficient (Wildman–Crippen LogP) is 2.37. The smallest absolute Gasteiger partial charge is 0.244 e. The van der Waals surface area contributed by atoms with Crippen LogP contribution in [0, 0.1) is 0 Å². The first kappa shape index (κ1) is 17.2. The lowest BCUT2D eigenvalue weighted by Gasteiger charge is -2.25. The largest absolute Gasteiger partial charge is 0.390 e. The third-order valence-electron chi connectivity index (χ3n) is 3.76. The van der Waals surface area contributed by atoms with E-state index in [9.17, 15) is 13.5 Å². The number of aliphatic hydroxyl groups excluding tert-OH is 1. The van der Waals surface area contributed by atoms with E-state index < -0.39 is 10.0 Å². The van der Waals surface area contributed by atoms with Crippen LogP contribution in [0.2, 0.25) is 0 Å². The first-order valence-corrected chi connectivity index (χ1v) is 8.53. The van der Waals surface area contributed by atoms with Crippen LogP contribution < -0.4 is 0 Å². The van der Waals surface area contributed by atoms with E-state index in [1.165, 1.54) is 4.31 Å². The van der Waals surface area contributed by atoms with Crippen molar-refractivity contribution in [2.75, 3.05) is 7.05 Å². The molecule has 0 radical (unpaired) electrons. The van der Waals surface area contributed by atoms with Crippen molar-refractivity contribution in [3.8, 4) is 0 Å². The van der Waals surface area contributed by atoms with Crippen molar-refractivity contribution in [1.29, 1.82) is 0 Å². The summed E-state index contributed by atoms with van der Waals surface area (Å²) in [7, 11) is -1.88. The molecule has 0 aromatic carbocycles. The second-order valence-corrected chi connectivity index (χ2v) is 7.32. The van der Waals surface area contributed by atoms with Gasteiger partial charge in [-0.3, -0.25) is 0 Å². The summed E-state index contributed by atoms with van der Waals surface area (Å²) in [5.74, 6) is 0. The molecule has 0 aliphatic carbocycles. The predicted molar refractivity (Wildman–Crippen MR) is 80.1 cm³/mol. The van der Waals surface area contributed by atoms with Gasteiger partial charge < -0.3 is 9.67 Å². The minimum Gasteiger partial charge on any atom is -0.390 e. The maximum absolute atomic E-state index is 12.6. The van der Waals surface area contributed by atoms with E-state index in [0.29, 0.717) is 5.69 Å². The van der Waals surface area contributed by atoms with Gasteiger partial charge in [-0.25, -0.2) is 8.42 Å². The number of aromatic nitrogens is 1. The van der Waals surface area contributed by atoms with Gasteiger partial charge in [0, 0.05) is 31.0 Å². The van der Waals surface area contributed by atoms with E-state index in [4.69, 9.17) is 0 Å². The number of hydrogen-bond donors (Lipinski definition) is 1. The number of rotatable bonds is 7. The molecule has 0 aliphatic rings. The van der Waals surface area contributed by atoms with Crippen LogP contribution in [0.5, 0.6) is 0 Å². The molecule has 0 unspecified atom stereocenters. The highest BCUT2D eigenvalue weighted by Crippen LogP contribution is 2.24. The van der Waals surface area contributed by atoms with Gasteiger partial charge in [0.25, 0.3) is 0 Å². The summed E-state index contributed by atoms with van der Waals surface area (Å²) in [6.07, 6.45) is 3.18. The van der Waals surface area contributed by atoms with E-state index in [-0.39, 0.29) is 23.6 Å². The highest BCUT2D eigenvalue weighted by atomic mass is 32.2. The number of nitrogens with zero attached hydrogens (tertiary/aromatic N) is 2. The van der Waals surface area contributed by atoms with Crippen LogP contribution in [0.15, 0.2) is 17.2 Å². The zero-order chi connectivity index (χ0) is 15.5. The Morgan fingerprint density at radius 1 is 1.30 bits per heavy atom. The van der Waals surface area contributed by atoms with Gasteiger partial charge in [-0.15, -0.1) is 0 Å². The second-order valence-electron chi connectivity index (χ2n) is 5.32. The molecule has 0 spiro atoms. The zero-order valence-corrected chi connectivity index (χ0v) is 13.8. The van der Waals surface area contributed by atoms with Gasteiger partial charge in [-0.2, -0.15) is 4.31 Å². The van der Waals surface area contributed by atoms with E-state index in [1.807, 2.05) is 27.7 Å². The average molecular weight is 302 g/mol. The third kappa shape index (κ3) is 3.24. The Morgan fingerprint density at radius 2 is 1.85 bits per heavy atom. The number of hydrogen-bond acceptors (Lipinski definition) is 3. The lowest BCUT2D eigenvalue weighted by atomic mass is 10.2. The Kier molecular flexibility index (Phi) is 5.79. The zero-order valence-electron chi connectivity index (χ0n) is 13.0. The molecule has 1 heterocycles. The topological polar surface area (TPSA) is 62.5 Å². The van der Waals surface area contributed by atoms with Gasteiger partial charge in [0.05, 0.1) is 6.61 Å². The van der Waals surface area contributed by atoms with Crippen molar-refractivity contribution in [2.45, 2.75) is 64.1 Å². The molecule has 1 N–H and O–H groups in total. The Morgan fingerprint density at radius 3 is 2.20 bits per heavy atom. The van der Waals surface area contributed by atoms with Crippen molar-refractivity contribution >= 4 is 10.0 Å². The molecule has 0 fully saturated rings. The van der Waals surface area contributed by atoms with E-state index in [0.717, 1.165) is 12.8 Å². The fourth-order valence-electron chi connectivity index (χ4n) is 2.41. The van der Waals surface area contributed by atoms with Gasteiger partial charge in [0.15, 0.2) is 0 Å². The van der Waals surface area contributed by atoms with Gasteiger partial charge in [0.2, 0.25) is 10.0 Å². The fraction of sp³-hybridized carbons (Fsp3) is 0.714. The Balaban J connectivity index is 3.22. The van der Waals surface area contributed by atoms with Crippen LogP contribution >= 0.6 is 0 Å². The quantitative estimate of drug-likeness (QED) is 0.841. The standard InChI is InChI=1S/C14H26N2O3S/c1-6-12(7-2)15(5)20(18,19)14-8-13(10-17)16(9-14)11(3)4/h8-9,11-12,17H,6-7,10H2,1-5H3. The summed E-state index contributed by atoms with van der Waals surface area (Å²) in [5.41, 5.74) is 0.622. The molecule has 0 aliphatic heterocycles. The summed E-state index contributed by atoms with van der Waals surface area (Å²) >= 11 is 0. The van der Waals surface area contributed by atoms with E-state index in [2.05, 4.69) is 0 Å². The Labute approximate surface area is 122 Å². The summed E-state index contributed by atoms with van der Waals surface area (Å²) in [6.45, 7) is 7.72. The second kappa shape index (κ2) is 6.74. The van der Waals surface area contributed by atoms with Crippen LogP contribution in [0.3, 0.4) is 0 Å². The summed E-state index contributed by atoms with van der Waals surface area (Å²) in [6, 6.07) is 1.67. The molecule has 5 nitrogen and oxygen atoms in total. The molecule has 116 valence electrons. The lowest BCUT2D eigenvalue weighted by molar-refractivity contribution is 0.268. The third-order valence-corrected chi connectivity index (χ3v) is 5.63. The van der Waals surface area contributed by atoms with Crippen molar-refractivity contribution in [3.63, 3.8) is 0 Å². The SMILES string of the molecule is CCC(CC)N(C)S(=O)(=O)c1cc(CO)n(C(C)C)c1. The van der Waals surface area contributed by atoms with Crippen LogP contribution in [-0.4, -0.2) is 35.5 Å². The van der Waals surface area contributed by atoms with Crippen LogP contribution in [-0.2, 0) is 16.6 Å². The first-order chi connectivity index (χ1) is 9.29. The fourth-order valence-corrected chi connectivity index (χ4v) is 3.97. The lowest BCUT2D eigenvalue weighted by Crippen LogP contribution is -2.36. The van der Waals surface area contributed by atoms with E-state index >= 15 is 0 Å². The average Bonchev–Trinajstić information content (AvgIpc) is 2.84. The molecule has 0 atom stereocenters. The molecule has 0 saturated carbocycles.